The number of nitro groups is 2. The van der Waals surface area contributed by atoms with Gasteiger partial charge in [-0.1, -0.05) is 0 Å². The Balaban J connectivity index is 3.31. The van der Waals surface area contributed by atoms with Crippen LogP contribution in [0.1, 0.15) is 5.56 Å². The predicted octanol–water partition coefficient (Wildman–Crippen LogP) is 0.586. The van der Waals surface area contributed by atoms with Gasteiger partial charge in [0.15, 0.2) is 0 Å². The highest BCUT2D eigenvalue weighted by Crippen LogP contribution is 2.33. The van der Waals surface area contributed by atoms with E-state index in [0.29, 0.717) is 6.07 Å². The van der Waals surface area contributed by atoms with Crippen LogP contribution in [0.2, 0.25) is 0 Å². The smallest absolute Gasteiger partial charge is 0.318 e. The molecule has 0 aliphatic carbocycles. The summed E-state index contributed by atoms with van der Waals surface area (Å²) in [4.78, 5) is 23.3. The third-order valence-electron chi connectivity index (χ3n) is 2.00. The maximum Gasteiger partial charge on any atom is 0.318 e. The minimum absolute atomic E-state index is 0.0932. The molecule has 9 nitrogen and oxygen atoms in total. The summed E-state index contributed by atoms with van der Waals surface area (Å²) in [6, 6.07) is 1.69. The highest BCUT2D eigenvalue weighted by molar-refractivity contribution is 5.87. The Labute approximate surface area is 101 Å². The molecule has 0 amide bonds. The van der Waals surface area contributed by atoms with Gasteiger partial charge in [0.25, 0.3) is 5.69 Å². The molecule has 0 aliphatic rings. The van der Waals surface area contributed by atoms with Gasteiger partial charge in [0.1, 0.15) is 0 Å². The molecule has 0 atom stereocenters. The fraction of sp³-hybridized carbons (Fsp3) is 0.222. The molecule has 1 aromatic carbocycles. The number of nitrogens with zero attached hydrogens (tertiary/aromatic N) is 3. The number of aliphatic imine (C=N–C) groups is 1. The fourth-order valence-electron chi connectivity index (χ4n) is 1.21. The fourth-order valence-corrected chi connectivity index (χ4v) is 1.21. The zero-order valence-corrected chi connectivity index (χ0v) is 9.15. The topological polar surface area (TPSA) is 145 Å². The second kappa shape index (κ2) is 5.68. The van der Waals surface area contributed by atoms with Crippen LogP contribution in [0.5, 0.6) is 5.75 Å². The van der Waals surface area contributed by atoms with Crippen molar-refractivity contribution in [2.75, 3.05) is 13.1 Å². The van der Waals surface area contributed by atoms with Crippen LogP contribution in [-0.4, -0.2) is 34.3 Å². The van der Waals surface area contributed by atoms with Gasteiger partial charge in [-0.25, -0.2) is 0 Å². The van der Waals surface area contributed by atoms with Gasteiger partial charge < -0.3 is 10.8 Å². The van der Waals surface area contributed by atoms with Gasteiger partial charge in [0, 0.05) is 24.4 Å². The Hall–Kier alpha value is -2.55. The van der Waals surface area contributed by atoms with Gasteiger partial charge in [-0.05, 0) is 0 Å². The number of rotatable bonds is 5. The Morgan fingerprint density at radius 1 is 1.33 bits per heavy atom. The van der Waals surface area contributed by atoms with E-state index in [0.717, 1.165) is 12.3 Å². The van der Waals surface area contributed by atoms with E-state index < -0.39 is 27.0 Å². The summed E-state index contributed by atoms with van der Waals surface area (Å²) in [5.74, 6) is -0.661. The average Bonchev–Trinajstić information content (AvgIpc) is 2.30. The zero-order valence-electron chi connectivity index (χ0n) is 9.15. The van der Waals surface area contributed by atoms with Crippen molar-refractivity contribution in [2.45, 2.75) is 0 Å². The number of phenols is 1. The van der Waals surface area contributed by atoms with Crippen molar-refractivity contribution in [1.82, 2.24) is 0 Å². The van der Waals surface area contributed by atoms with Gasteiger partial charge in [0.2, 0.25) is 5.75 Å². The first-order valence-corrected chi connectivity index (χ1v) is 4.83. The number of aromatic hydroxyl groups is 1. The molecule has 0 unspecified atom stereocenters. The number of phenolic OH excluding ortho intramolecular Hbond substituents is 1. The van der Waals surface area contributed by atoms with Crippen LogP contribution in [0.4, 0.5) is 11.4 Å². The lowest BCUT2D eigenvalue weighted by Crippen LogP contribution is -2.02. The van der Waals surface area contributed by atoms with Crippen molar-refractivity contribution in [1.29, 1.82) is 0 Å². The van der Waals surface area contributed by atoms with Crippen molar-refractivity contribution >= 4 is 17.6 Å². The van der Waals surface area contributed by atoms with Crippen LogP contribution in [0.15, 0.2) is 17.1 Å². The van der Waals surface area contributed by atoms with Crippen LogP contribution in [-0.2, 0) is 0 Å². The van der Waals surface area contributed by atoms with Crippen molar-refractivity contribution in [2.24, 2.45) is 10.7 Å². The van der Waals surface area contributed by atoms with Crippen LogP contribution in [0.25, 0.3) is 0 Å². The molecule has 0 aliphatic heterocycles. The summed E-state index contributed by atoms with van der Waals surface area (Å²) in [6.07, 6.45) is 1.11. The molecule has 0 fully saturated rings. The van der Waals surface area contributed by atoms with Crippen molar-refractivity contribution < 1.29 is 15.0 Å². The second-order valence-corrected chi connectivity index (χ2v) is 3.24. The number of nitrogens with two attached hydrogens (primary N) is 1. The molecular formula is C9H10N4O5. The molecule has 0 bridgehead atoms. The number of nitro benzene ring substituents is 2. The van der Waals surface area contributed by atoms with Gasteiger partial charge >= 0.3 is 5.69 Å². The van der Waals surface area contributed by atoms with Crippen molar-refractivity contribution in [3.63, 3.8) is 0 Å². The van der Waals surface area contributed by atoms with Crippen LogP contribution in [0.3, 0.4) is 0 Å². The van der Waals surface area contributed by atoms with Crippen LogP contribution >= 0.6 is 0 Å². The summed E-state index contributed by atoms with van der Waals surface area (Å²) < 4.78 is 0. The maximum absolute atomic E-state index is 10.6. The monoisotopic (exact) mass is 254 g/mol. The molecule has 0 saturated heterocycles. The van der Waals surface area contributed by atoms with Gasteiger partial charge in [-0.3, -0.25) is 25.2 Å². The lowest BCUT2D eigenvalue weighted by Gasteiger charge is -2.00. The van der Waals surface area contributed by atoms with Gasteiger partial charge in [-0.2, -0.15) is 0 Å². The molecule has 0 spiro atoms. The number of benzene rings is 1. The molecule has 0 aromatic heterocycles. The summed E-state index contributed by atoms with van der Waals surface area (Å²) in [7, 11) is 0. The van der Waals surface area contributed by atoms with Crippen molar-refractivity contribution in [3.05, 3.63) is 37.9 Å². The molecule has 0 heterocycles. The molecule has 9 heteroatoms. The average molecular weight is 254 g/mol. The van der Waals surface area contributed by atoms with E-state index in [9.17, 15) is 25.3 Å². The van der Waals surface area contributed by atoms with E-state index in [1.807, 2.05) is 0 Å². The normalized spacial score (nSPS) is 10.7. The third-order valence-corrected chi connectivity index (χ3v) is 2.00. The Morgan fingerprint density at radius 3 is 2.50 bits per heavy atom. The van der Waals surface area contributed by atoms with Crippen molar-refractivity contribution in [3.8, 4) is 5.75 Å². The minimum atomic E-state index is -0.900. The van der Waals surface area contributed by atoms with E-state index >= 15 is 0 Å². The van der Waals surface area contributed by atoms with E-state index in [1.165, 1.54) is 0 Å². The van der Waals surface area contributed by atoms with Crippen LogP contribution < -0.4 is 5.73 Å². The van der Waals surface area contributed by atoms with Gasteiger partial charge in [0.05, 0.1) is 22.5 Å². The number of hydrogen-bond acceptors (Lipinski definition) is 7. The Morgan fingerprint density at radius 2 is 2.00 bits per heavy atom. The SMILES string of the molecule is NCCN=Cc1cc([N+](=O)[O-])cc([N+](=O)[O-])c1O. The number of hydrogen-bond donors (Lipinski definition) is 2. The highest BCUT2D eigenvalue weighted by atomic mass is 16.6. The minimum Gasteiger partial charge on any atom is -0.502 e. The Kier molecular flexibility index (Phi) is 4.27. The first-order valence-electron chi connectivity index (χ1n) is 4.83. The van der Waals surface area contributed by atoms with Crippen LogP contribution in [0, 0.1) is 20.2 Å². The molecule has 0 saturated carbocycles. The standard InChI is InChI=1S/C9H10N4O5/c10-1-2-11-5-6-3-7(12(15)16)4-8(9(6)14)13(17)18/h3-5,14H,1-2,10H2. The quantitative estimate of drug-likeness (QED) is 0.446. The molecular weight excluding hydrogens is 244 g/mol. The molecule has 18 heavy (non-hydrogen) atoms. The maximum atomic E-state index is 10.6. The third kappa shape index (κ3) is 2.98. The highest BCUT2D eigenvalue weighted by Gasteiger charge is 2.22. The summed E-state index contributed by atoms with van der Waals surface area (Å²) in [5, 5.41) is 30.8. The molecule has 3 N–H and O–H groups in total. The van der Waals surface area contributed by atoms with E-state index in [2.05, 4.69) is 4.99 Å². The predicted molar refractivity (Wildman–Crippen MR) is 62.9 cm³/mol. The largest absolute Gasteiger partial charge is 0.502 e. The van der Waals surface area contributed by atoms with Gasteiger partial charge in [-0.15, -0.1) is 0 Å². The summed E-state index contributed by atoms with van der Waals surface area (Å²) in [5.41, 5.74) is 3.87. The summed E-state index contributed by atoms with van der Waals surface area (Å²) in [6.45, 7) is 0.504. The second-order valence-electron chi connectivity index (χ2n) is 3.24. The van der Waals surface area contributed by atoms with E-state index in [1.54, 1.807) is 0 Å². The summed E-state index contributed by atoms with van der Waals surface area (Å²) >= 11 is 0. The van der Waals surface area contributed by atoms with E-state index in [-0.39, 0.29) is 18.7 Å². The van der Waals surface area contributed by atoms with E-state index in [4.69, 9.17) is 5.73 Å². The molecule has 96 valence electrons. The zero-order chi connectivity index (χ0) is 13.7. The lowest BCUT2D eigenvalue weighted by molar-refractivity contribution is -0.394. The lowest BCUT2D eigenvalue weighted by atomic mass is 10.1. The first kappa shape index (κ1) is 13.5. The molecule has 0 radical (unpaired) electrons. The first-order chi connectivity index (χ1) is 8.47. The molecule has 1 aromatic rings. The number of non-ortho nitro benzene ring substituents is 1. The Bertz CT molecular complexity index is 514. The molecule has 1 rings (SSSR count).